The first-order valence-corrected chi connectivity index (χ1v) is 6.04. The van der Waals surface area contributed by atoms with Crippen molar-refractivity contribution in [2.45, 2.75) is 0 Å². The molecule has 58 valence electrons. The van der Waals surface area contributed by atoms with Gasteiger partial charge in [-0.3, -0.25) is 0 Å². The van der Waals surface area contributed by atoms with E-state index in [-0.39, 0.29) is 6.54 Å². The minimum Gasteiger partial charge on any atom is -0.213 e. The van der Waals surface area contributed by atoms with Crippen LogP contribution in [0.5, 0.6) is 0 Å². The molecule has 0 aromatic heterocycles. The second kappa shape index (κ2) is 4.68. The van der Waals surface area contributed by atoms with Crippen molar-refractivity contribution >= 4 is 18.6 Å². The molecule has 0 fully saturated rings. The van der Waals surface area contributed by atoms with Crippen LogP contribution in [0.15, 0.2) is 0 Å². The van der Waals surface area contributed by atoms with E-state index in [1.807, 2.05) is 6.66 Å². The van der Waals surface area contributed by atoms with Gasteiger partial charge in [0.25, 0.3) is 0 Å². The monoisotopic (exact) mass is 179 g/mol. The van der Waals surface area contributed by atoms with Crippen molar-refractivity contribution in [1.82, 2.24) is 4.72 Å². The maximum atomic E-state index is 10.4. The summed E-state index contributed by atoms with van der Waals surface area (Å²) in [6.07, 6.45) is 1.11. The predicted octanol–water partition coefficient (Wildman–Crippen LogP) is -0.195. The van der Waals surface area contributed by atoms with E-state index in [9.17, 15) is 8.42 Å². The fraction of sp³-hybridized carbons (Fsp3) is 0.600. The molecule has 0 spiro atoms. The molecule has 0 aliphatic rings. The lowest BCUT2D eigenvalue weighted by Crippen LogP contribution is -2.21. The summed E-state index contributed by atoms with van der Waals surface area (Å²) in [4.78, 5) is 0. The normalized spacial score (nSPS) is 11.4. The first kappa shape index (κ1) is 9.90. The Morgan fingerprint density at radius 3 is 2.60 bits per heavy atom. The Morgan fingerprint density at radius 2 is 2.20 bits per heavy atom. The van der Waals surface area contributed by atoms with E-state index < -0.39 is 10.0 Å². The van der Waals surface area contributed by atoms with Crippen LogP contribution in [0, 0.1) is 11.6 Å². The highest BCUT2D eigenvalue weighted by Gasteiger charge is 1.94. The Bertz CT molecular complexity index is 236. The molecule has 0 aromatic carbocycles. The smallest absolute Gasteiger partial charge is 0.209 e. The Morgan fingerprint density at radius 1 is 1.60 bits per heavy atom. The highest BCUT2D eigenvalue weighted by Crippen LogP contribution is 1.93. The lowest BCUT2D eigenvalue weighted by atomic mass is 10.7. The zero-order chi connectivity index (χ0) is 8.04. The van der Waals surface area contributed by atoms with Crippen LogP contribution in [0.1, 0.15) is 0 Å². The average molecular weight is 179 g/mol. The van der Waals surface area contributed by atoms with E-state index in [0.29, 0.717) is 8.58 Å². The lowest BCUT2D eigenvalue weighted by Gasteiger charge is -1.92. The predicted molar refractivity (Wildman–Crippen MR) is 44.9 cm³/mol. The molecule has 0 heterocycles. The van der Waals surface area contributed by atoms with E-state index in [2.05, 4.69) is 16.3 Å². The van der Waals surface area contributed by atoms with Crippen LogP contribution in [0.25, 0.3) is 0 Å². The molecule has 1 N–H and O–H groups in total. The quantitative estimate of drug-likeness (QED) is 0.471. The molecular formula is C5H10NO2PS. The van der Waals surface area contributed by atoms with Crippen LogP contribution in [0.2, 0.25) is 0 Å². The summed E-state index contributed by atoms with van der Waals surface area (Å²) in [6, 6.07) is 0. The zero-order valence-corrected chi connectivity index (χ0v) is 7.75. The van der Waals surface area contributed by atoms with Crippen molar-refractivity contribution in [2.24, 2.45) is 0 Å². The second-order valence-corrected chi connectivity index (χ2v) is 4.23. The van der Waals surface area contributed by atoms with E-state index >= 15 is 0 Å². The Labute approximate surface area is 63.4 Å². The van der Waals surface area contributed by atoms with Crippen LogP contribution >= 0.6 is 8.58 Å². The second-order valence-electron chi connectivity index (χ2n) is 1.65. The van der Waals surface area contributed by atoms with Gasteiger partial charge in [-0.05, 0) is 15.2 Å². The minimum absolute atomic E-state index is 0.222. The molecule has 0 radical (unpaired) electrons. The summed E-state index contributed by atoms with van der Waals surface area (Å²) in [6.45, 7) is 2.16. The molecule has 0 bridgehead atoms. The topological polar surface area (TPSA) is 46.2 Å². The molecule has 0 aliphatic heterocycles. The highest BCUT2D eigenvalue weighted by atomic mass is 32.2. The molecule has 0 saturated heterocycles. The molecule has 0 saturated carbocycles. The first-order chi connectivity index (χ1) is 4.56. The fourth-order valence-electron chi connectivity index (χ4n) is 0.300. The van der Waals surface area contributed by atoms with E-state index in [1.165, 1.54) is 0 Å². The summed E-state index contributed by atoms with van der Waals surface area (Å²) in [5.41, 5.74) is 2.77. The van der Waals surface area contributed by atoms with Gasteiger partial charge in [0, 0.05) is 0 Å². The van der Waals surface area contributed by atoms with Crippen molar-refractivity contribution < 1.29 is 8.42 Å². The van der Waals surface area contributed by atoms with Crippen molar-refractivity contribution in [2.75, 3.05) is 19.5 Å². The maximum Gasteiger partial charge on any atom is 0.209 e. The molecule has 10 heavy (non-hydrogen) atoms. The molecule has 0 aromatic rings. The van der Waals surface area contributed by atoms with Gasteiger partial charge in [-0.1, -0.05) is 11.6 Å². The average Bonchev–Trinajstić information content (AvgIpc) is 1.78. The highest BCUT2D eigenvalue weighted by molar-refractivity contribution is 7.88. The number of sulfonamides is 1. The Kier molecular flexibility index (Phi) is 4.63. The molecule has 3 nitrogen and oxygen atoms in total. The van der Waals surface area contributed by atoms with Crippen molar-refractivity contribution in [1.29, 1.82) is 0 Å². The minimum atomic E-state index is -3.05. The summed E-state index contributed by atoms with van der Waals surface area (Å²) in [5, 5.41) is 0. The van der Waals surface area contributed by atoms with E-state index in [1.54, 1.807) is 0 Å². The van der Waals surface area contributed by atoms with E-state index in [4.69, 9.17) is 0 Å². The molecule has 0 rings (SSSR count). The maximum absolute atomic E-state index is 10.4. The SMILES string of the molecule is CPC#CCNS(C)(=O)=O. The van der Waals surface area contributed by atoms with Crippen LogP contribution in [-0.2, 0) is 10.0 Å². The Hall–Kier alpha value is -0.100. The van der Waals surface area contributed by atoms with Gasteiger partial charge in [-0.2, -0.15) is 0 Å². The van der Waals surface area contributed by atoms with Crippen LogP contribution in [0.4, 0.5) is 0 Å². The van der Waals surface area contributed by atoms with Gasteiger partial charge < -0.3 is 0 Å². The van der Waals surface area contributed by atoms with Gasteiger partial charge >= 0.3 is 0 Å². The van der Waals surface area contributed by atoms with Gasteiger partial charge in [-0.15, -0.1) is 0 Å². The third kappa shape index (κ3) is 7.90. The largest absolute Gasteiger partial charge is 0.213 e. The van der Waals surface area contributed by atoms with Gasteiger partial charge in [0.2, 0.25) is 10.0 Å². The van der Waals surface area contributed by atoms with Crippen molar-refractivity contribution in [3.63, 3.8) is 0 Å². The van der Waals surface area contributed by atoms with Crippen LogP contribution < -0.4 is 4.72 Å². The molecule has 1 atom stereocenters. The van der Waals surface area contributed by atoms with E-state index in [0.717, 1.165) is 6.26 Å². The molecule has 0 amide bonds. The summed E-state index contributed by atoms with van der Waals surface area (Å²) in [5.74, 6) is 2.66. The third-order valence-electron chi connectivity index (χ3n) is 0.636. The number of hydrogen-bond acceptors (Lipinski definition) is 2. The van der Waals surface area contributed by atoms with Crippen molar-refractivity contribution in [3.8, 4) is 11.6 Å². The van der Waals surface area contributed by atoms with Gasteiger partial charge in [0.1, 0.15) is 0 Å². The number of nitrogens with one attached hydrogen (secondary N) is 1. The summed E-state index contributed by atoms with van der Waals surface area (Å²) < 4.78 is 23.1. The van der Waals surface area contributed by atoms with Gasteiger partial charge in [0.15, 0.2) is 0 Å². The summed E-state index contributed by atoms with van der Waals surface area (Å²) >= 11 is 0. The van der Waals surface area contributed by atoms with Crippen LogP contribution in [0.3, 0.4) is 0 Å². The lowest BCUT2D eigenvalue weighted by molar-refractivity contribution is 0.592. The van der Waals surface area contributed by atoms with Crippen molar-refractivity contribution in [3.05, 3.63) is 0 Å². The fourth-order valence-corrected chi connectivity index (χ4v) is 0.899. The zero-order valence-electron chi connectivity index (χ0n) is 5.93. The standard InChI is InChI=1S/C5H10NO2PS/c1-9-5-3-4-6-10(2,7)8/h6,9H,4H2,1-2H3. The third-order valence-corrected chi connectivity index (χ3v) is 1.73. The molecular weight excluding hydrogens is 169 g/mol. The number of hydrogen-bond donors (Lipinski definition) is 1. The Balaban J connectivity index is 3.58. The van der Waals surface area contributed by atoms with Gasteiger partial charge in [-0.25, -0.2) is 13.1 Å². The first-order valence-electron chi connectivity index (χ1n) is 2.65. The molecule has 1 unspecified atom stereocenters. The molecule has 5 heteroatoms. The van der Waals surface area contributed by atoms with Crippen LogP contribution in [-0.4, -0.2) is 27.9 Å². The summed E-state index contributed by atoms with van der Waals surface area (Å²) in [7, 11) is -2.50. The molecule has 0 aliphatic carbocycles. The van der Waals surface area contributed by atoms with Gasteiger partial charge in [0.05, 0.1) is 12.8 Å². The number of rotatable bonds is 2.